The SMILES string of the molecule is COc1cc(C(C)C)ccc1N(C)CCC(C)CN. The maximum absolute atomic E-state index is 5.66. The van der Waals surface area contributed by atoms with Crippen molar-refractivity contribution in [2.75, 3.05) is 32.1 Å². The smallest absolute Gasteiger partial charge is 0.142 e. The van der Waals surface area contributed by atoms with Crippen LogP contribution in [-0.4, -0.2) is 27.2 Å². The second-order valence-electron chi connectivity index (χ2n) is 5.64. The molecule has 0 heterocycles. The van der Waals surface area contributed by atoms with Crippen LogP contribution in [0.25, 0.3) is 0 Å². The van der Waals surface area contributed by atoms with Crippen molar-refractivity contribution in [2.24, 2.45) is 11.7 Å². The average Bonchev–Trinajstić information content (AvgIpc) is 2.43. The maximum Gasteiger partial charge on any atom is 0.142 e. The third-order valence-corrected chi connectivity index (χ3v) is 3.64. The van der Waals surface area contributed by atoms with Crippen molar-refractivity contribution in [3.63, 3.8) is 0 Å². The molecule has 0 amide bonds. The van der Waals surface area contributed by atoms with E-state index in [1.165, 1.54) is 5.56 Å². The van der Waals surface area contributed by atoms with Gasteiger partial charge in [-0.2, -0.15) is 0 Å². The van der Waals surface area contributed by atoms with Crippen LogP contribution in [0.1, 0.15) is 38.7 Å². The number of nitrogens with two attached hydrogens (primary N) is 1. The van der Waals surface area contributed by atoms with Crippen LogP contribution in [0.3, 0.4) is 0 Å². The van der Waals surface area contributed by atoms with Crippen molar-refractivity contribution in [2.45, 2.75) is 33.1 Å². The number of ether oxygens (including phenoxy) is 1. The van der Waals surface area contributed by atoms with Crippen LogP contribution in [0.2, 0.25) is 0 Å². The van der Waals surface area contributed by atoms with Gasteiger partial charge >= 0.3 is 0 Å². The summed E-state index contributed by atoms with van der Waals surface area (Å²) in [6.45, 7) is 8.32. The summed E-state index contributed by atoms with van der Waals surface area (Å²) in [4.78, 5) is 2.25. The van der Waals surface area contributed by atoms with Gasteiger partial charge in [-0.05, 0) is 42.5 Å². The van der Waals surface area contributed by atoms with E-state index in [1.807, 2.05) is 0 Å². The van der Waals surface area contributed by atoms with E-state index in [2.05, 4.69) is 50.9 Å². The highest BCUT2D eigenvalue weighted by molar-refractivity contribution is 5.59. The van der Waals surface area contributed by atoms with Gasteiger partial charge in [0.1, 0.15) is 5.75 Å². The zero-order chi connectivity index (χ0) is 14.4. The predicted octanol–water partition coefficient (Wildman–Crippen LogP) is 3.24. The van der Waals surface area contributed by atoms with Crippen LogP contribution in [0.5, 0.6) is 5.75 Å². The molecule has 0 saturated carbocycles. The lowest BCUT2D eigenvalue weighted by molar-refractivity contribution is 0.413. The molecule has 1 aromatic rings. The third kappa shape index (κ3) is 4.43. The van der Waals surface area contributed by atoms with Gasteiger partial charge in [0, 0.05) is 13.6 Å². The maximum atomic E-state index is 5.66. The van der Waals surface area contributed by atoms with Crippen LogP contribution in [-0.2, 0) is 0 Å². The number of rotatable bonds is 7. The number of methoxy groups -OCH3 is 1. The Morgan fingerprint density at radius 1 is 1.26 bits per heavy atom. The van der Waals surface area contributed by atoms with Crippen molar-refractivity contribution >= 4 is 5.69 Å². The fourth-order valence-electron chi connectivity index (χ4n) is 2.02. The Hall–Kier alpha value is -1.22. The zero-order valence-corrected chi connectivity index (χ0v) is 12.9. The lowest BCUT2D eigenvalue weighted by Gasteiger charge is -2.24. The first-order valence-electron chi connectivity index (χ1n) is 7.08. The van der Waals surface area contributed by atoms with E-state index in [0.29, 0.717) is 11.8 Å². The van der Waals surface area contributed by atoms with Gasteiger partial charge in [-0.3, -0.25) is 0 Å². The van der Waals surface area contributed by atoms with Gasteiger partial charge in [-0.1, -0.05) is 26.8 Å². The molecule has 2 N–H and O–H groups in total. The first-order chi connectivity index (χ1) is 8.99. The minimum absolute atomic E-state index is 0.519. The Morgan fingerprint density at radius 2 is 1.95 bits per heavy atom. The first-order valence-corrected chi connectivity index (χ1v) is 7.08. The zero-order valence-electron chi connectivity index (χ0n) is 12.9. The summed E-state index contributed by atoms with van der Waals surface area (Å²) in [5.74, 6) is 2.03. The van der Waals surface area contributed by atoms with E-state index in [9.17, 15) is 0 Å². The van der Waals surface area contributed by atoms with Crippen LogP contribution in [0.15, 0.2) is 18.2 Å². The molecule has 19 heavy (non-hydrogen) atoms. The van der Waals surface area contributed by atoms with Gasteiger partial charge < -0.3 is 15.4 Å². The van der Waals surface area contributed by atoms with E-state index in [0.717, 1.165) is 30.9 Å². The quantitative estimate of drug-likeness (QED) is 0.821. The second-order valence-corrected chi connectivity index (χ2v) is 5.64. The minimum atomic E-state index is 0.519. The molecule has 1 rings (SSSR count). The lowest BCUT2D eigenvalue weighted by Crippen LogP contribution is -2.23. The summed E-state index contributed by atoms with van der Waals surface area (Å²) in [5, 5.41) is 0. The number of nitrogens with zero attached hydrogens (tertiary/aromatic N) is 1. The van der Waals surface area contributed by atoms with Crippen molar-refractivity contribution in [3.8, 4) is 5.75 Å². The normalized spacial score (nSPS) is 12.6. The van der Waals surface area contributed by atoms with Crippen LogP contribution in [0, 0.1) is 5.92 Å². The summed E-state index contributed by atoms with van der Waals surface area (Å²) < 4.78 is 5.52. The molecule has 0 saturated heterocycles. The van der Waals surface area contributed by atoms with Crippen LogP contribution >= 0.6 is 0 Å². The largest absolute Gasteiger partial charge is 0.495 e. The Labute approximate surface area is 117 Å². The Kier molecular flexibility index (Phi) is 6.16. The Morgan fingerprint density at radius 3 is 2.47 bits per heavy atom. The van der Waals surface area contributed by atoms with Crippen molar-refractivity contribution in [3.05, 3.63) is 23.8 Å². The Balaban J connectivity index is 2.81. The molecule has 0 spiro atoms. The van der Waals surface area contributed by atoms with E-state index < -0.39 is 0 Å². The molecule has 1 unspecified atom stereocenters. The van der Waals surface area contributed by atoms with E-state index in [4.69, 9.17) is 10.5 Å². The standard InChI is InChI=1S/C16H28N2O/c1-12(2)14-6-7-15(16(10-14)19-5)18(4)9-8-13(3)11-17/h6-7,10,12-13H,8-9,11,17H2,1-5H3. The molecule has 0 fully saturated rings. The second kappa shape index (κ2) is 7.39. The summed E-state index contributed by atoms with van der Waals surface area (Å²) >= 11 is 0. The van der Waals surface area contributed by atoms with Gasteiger partial charge in [0.2, 0.25) is 0 Å². The molecule has 108 valence electrons. The highest BCUT2D eigenvalue weighted by atomic mass is 16.5. The molecule has 0 radical (unpaired) electrons. The molecule has 1 atom stereocenters. The summed E-state index contributed by atoms with van der Waals surface area (Å²) in [5.41, 5.74) is 8.12. The summed E-state index contributed by atoms with van der Waals surface area (Å²) in [6, 6.07) is 6.48. The molecule has 0 aliphatic rings. The minimum Gasteiger partial charge on any atom is -0.495 e. The molecular weight excluding hydrogens is 236 g/mol. The molecule has 0 aromatic heterocycles. The monoisotopic (exact) mass is 264 g/mol. The molecule has 3 heteroatoms. The third-order valence-electron chi connectivity index (χ3n) is 3.64. The highest BCUT2D eigenvalue weighted by Gasteiger charge is 2.11. The van der Waals surface area contributed by atoms with Gasteiger partial charge in [-0.15, -0.1) is 0 Å². The first kappa shape index (κ1) is 15.8. The van der Waals surface area contributed by atoms with Crippen molar-refractivity contribution in [1.82, 2.24) is 0 Å². The van der Waals surface area contributed by atoms with Gasteiger partial charge in [0.15, 0.2) is 0 Å². The van der Waals surface area contributed by atoms with Gasteiger partial charge in [0.05, 0.1) is 12.8 Å². The predicted molar refractivity (Wildman–Crippen MR) is 83.2 cm³/mol. The van der Waals surface area contributed by atoms with E-state index in [1.54, 1.807) is 7.11 Å². The number of hydrogen-bond donors (Lipinski definition) is 1. The highest BCUT2D eigenvalue weighted by Crippen LogP contribution is 2.31. The molecule has 0 bridgehead atoms. The summed E-state index contributed by atoms with van der Waals surface area (Å²) in [6.07, 6.45) is 1.10. The van der Waals surface area contributed by atoms with Gasteiger partial charge in [-0.25, -0.2) is 0 Å². The average molecular weight is 264 g/mol. The van der Waals surface area contributed by atoms with Gasteiger partial charge in [0.25, 0.3) is 0 Å². The summed E-state index contributed by atoms with van der Waals surface area (Å²) in [7, 11) is 3.84. The van der Waals surface area contributed by atoms with Crippen LogP contribution < -0.4 is 15.4 Å². The number of anilines is 1. The fraction of sp³-hybridized carbons (Fsp3) is 0.625. The number of hydrogen-bond acceptors (Lipinski definition) is 3. The van der Waals surface area contributed by atoms with E-state index >= 15 is 0 Å². The van der Waals surface area contributed by atoms with Crippen molar-refractivity contribution in [1.29, 1.82) is 0 Å². The number of benzene rings is 1. The molecular formula is C16H28N2O. The Bertz CT molecular complexity index is 390. The van der Waals surface area contributed by atoms with Crippen molar-refractivity contribution < 1.29 is 4.74 Å². The van der Waals surface area contributed by atoms with E-state index in [-0.39, 0.29) is 0 Å². The molecule has 0 aliphatic heterocycles. The fourth-order valence-corrected chi connectivity index (χ4v) is 2.02. The topological polar surface area (TPSA) is 38.5 Å². The van der Waals surface area contributed by atoms with Crippen LogP contribution in [0.4, 0.5) is 5.69 Å². The molecule has 1 aromatic carbocycles. The lowest BCUT2D eigenvalue weighted by atomic mass is 10.0. The molecule has 0 aliphatic carbocycles. The molecule has 3 nitrogen and oxygen atoms in total.